The standard InChI is InChI=1S/C24H15F3N2O4S/c1-34(32,33)18-9-4-14(5-10-18)20-13-28-29(23(30)19-11-8-17(26)12-21(19)27)24(31)22(20)15-2-6-16(25)7-3-15/h2-13H,1H3. The van der Waals surface area contributed by atoms with Gasteiger partial charge in [0.05, 0.1) is 22.2 Å². The van der Waals surface area contributed by atoms with E-state index in [1.54, 1.807) is 0 Å². The molecule has 0 N–H and O–H groups in total. The first kappa shape index (κ1) is 23.1. The van der Waals surface area contributed by atoms with E-state index < -0.39 is 44.3 Å². The van der Waals surface area contributed by atoms with Crippen molar-refractivity contribution >= 4 is 15.7 Å². The van der Waals surface area contributed by atoms with Crippen molar-refractivity contribution in [2.75, 3.05) is 6.26 Å². The summed E-state index contributed by atoms with van der Waals surface area (Å²) in [5, 5.41) is 3.87. The van der Waals surface area contributed by atoms with E-state index in [2.05, 4.69) is 5.10 Å². The van der Waals surface area contributed by atoms with Crippen LogP contribution in [0.1, 0.15) is 10.4 Å². The molecule has 0 bridgehead atoms. The van der Waals surface area contributed by atoms with Crippen LogP contribution in [0, 0.1) is 17.5 Å². The number of aromatic nitrogens is 2. The summed E-state index contributed by atoms with van der Waals surface area (Å²) in [5.74, 6) is -3.73. The highest BCUT2D eigenvalue weighted by Crippen LogP contribution is 2.30. The Hall–Kier alpha value is -4.05. The van der Waals surface area contributed by atoms with Crippen molar-refractivity contribution in [2.45, 2.75) is 4.90 Å². The molecule has 3 aromatic carbocycles. The molecule has 6 nitrogen and oxygen atoms in total. The molecule has 4 aromatic rings. The van der Waals surface area contributed by atoms with Crippen molar-refractivity contribution in [3.63, 3.8) is 0 Å². The Balaban J connectivity index is 1.93. The summed E-state index contributed by atoms with van der Waals surface area (Å²) in [7, 11) is -3.46. The third-order valence-electron chi connectivity index (χ3n) is 5.06. The van der Waals surface area contributed by atoms with Gasteiger partial charge in [-0.3, -0.25) is 9.59 Å². The van der Waals surface area contributed by atoms with E-state index in [4.69, 9.17) is 0 Å². The van der Waals surface area contributed by atoms with E-state index in [-0.39, 0.29) is 21.6 Å². The van der Waals surface area contributed by atoms with E-state index in [9.17, 15) is 31.2 Å². The zero-order chi connectivity index (χ0) is 24.6. The third-order valence-corrected chi connectivity index (χ3v) is 6.19. The summed E-state index contributed by atoms with van der Waals surface area (Å²) in [6, 6.07) is 12.8. The van der Waals surface area contributed by atoms with E-state index in [1.165, 1.54) is 42.6 Å². The van der Waals surface area contributed by atoms with Gasteiger partial charge in [0.1, 0.15) is 17.5 Å². The average molecular weight is 484 g/mol. The second-order valence-corrected chi connectivity index (χ2v) is 9.40. The molecule has 0 atom stereocenters. The highest BCUT2D eigenvalue weighted by Gasteiger charge is 2.22. The SMILES string of the molecule is CS(=O)(=O)c1ccc(-c2cnn(C(=O)c3ccc(F)cc3F)c(=O)c2-c2ccc(F)cc2)cc1. The predicted octanol–water partition coefficient (Wildman–Crippen LogP) is 4.09. The first-order chi connectivity index (χ1) is 16.1. The zero-order valence-electron chi connectivity index (χ0n) is 17.5. The maximum absolute atomic E-state index is 14.2. The van der Waals surface area contributed by atoms with Gasteiger partial charge in [-0.05, 0) is 47.5 Å². The molecule has 172 valence electrons. The molecule has 0 unspecified atom stereocenters. The molecule has 0 saturated heterocycles. The van der Waals surface area contributed by atoms with Crippen molar-refractivity contribution in [3.8, 4) is 22.3 Å². The van der Waals surface area contributed by atoms with E-state index in [0.717, 1.165) is 30.5 Å². The first-order valence-corrected chi connectivity index (χ1v) is 11.6. The summed E-state index contributed by atoms with van der Waals surface area (Å²) in [5.41, 5.74) is -0.643. The molecule has 0 saturated carbocycles. The molecular weight excluding hydrogens is 469 g/mol. The highest BCUT2D eigenvalue weighted by molar-refractivity contribution is 7.90. The molecule has 1 heterocycles. The molecule has 0 spiro atoms. The van der Waals surface area contributed by atoms with Gasteiger partial charge in [0.15, 0.2) is 9.84 Å². The molecule has 10 heteroatoms. The Morgan fingerprint density at radius 3 is 2.03 bits per heavy atom. The topological polar surface area (TPSA) is 86.1 Å². The molecule has 4 rings (SSSR count). The molecular formula is C24H15F3N2O4S. The van der Waals surface area contributed by atoms with Gasteiger partial charge in [0.2, 0.25) is 0 Å². The molecule has 0 aliphatic rings. The Morgan fingerprint density at radius 1 is 0.853 bits per heavy atom. The number of halogens is 3. The van der Waals surface area contributed by atoms with Crippen LogP contribution in [0.25, 0.3) is 22.3 Å². The van der Waals surface area contributed by atoms with Gasteiger partial charge in [-0.25, -0.2) is 21.6 Å². The molecule has 0 fully saturated rings. The normalized spacial score (nSPS) is 11.4. The van der Waals surface area contributed by atoms with E-state index in [0.29, 0.717) is 16.3 Å². The van der Waals surface area contributed by atoms with Crippen molar-refractivity contribution in [3.05, 3.63) is 106 Å². The number of rotatable bonds is 4. The Kier molecular flexibility index (Phi) is 5.92. The fourth-order valence-corrected chi connectivity index (χ4v) is 4.00. The van der Waals surface area contributed by atoms with Crippen LogP contribution in [0.5, 0.6) is 0 Å². The molecule has 1 aromatic heterocycles. The number of sulfone groups is 1. The van der Waals surface area contributed by atoms with Gasteiger partial charge in [0.25, 0.3) is 11.5 Å². The number of nitrogens with zero attached hydrogens (tertiary/aromatic N) is 2. The fourth-order valence-electron chi connectivity index (χ4n) is 3.37. The van der Waals surface area contributed by atoms with Crippen molar-refractivity contribution in [2.24, 2.45) is 0 Å². The van der Waals surface area contributed by atoms with E-state index >= 15 is 0 Å². The largest absolute Gasteiger partial charge is 0.284 e. The number of hydrogen-bond acceptors (Lipinski definition) is 5. The molecule has 34 heavy (non-hydrogen) atoms. The van der Waals surface area contributed by atoms with Crippen LogP contribution in [0.2, 0.25) is 0 Å². The minimum Gasteiger partial charge on any atom is -0.267 e. The van der Waals surface area contributed by atoms with Crippen LogP contribution >= 0.6 is 0 Å². The van der Waals surface area contributed by atoms with Gasteiger partial charge in [-0.1, -0.05) is 24.3 Å². The van der Waals surface area contributed by atoms with Crippen LogP contribution in [0.15, 0.2) is 82.6 Å². The fraction of sp³-hybridized carbons (Fsp3) is 0.0417. The quantitative estimate of drug-likeness (QED) is 0.436. The molecule has 0 aliphatic heterocycles. The van der Waals surface area contributed by atoms with Gasteiger partial charge < -0.3 is 0 Å². The maximum Gasteiger partial charge on any atom is 0.284 e. The van der Waals surface area contributed by atoms with Crippen molar-refractivity contribution in [1.82, 2.24) is 9.78 Å². The second kappa shape index (κ2) is 8.71. The monoisotopic (exact) mass is 484 g/mol. The lowest BCUT2D eigenvalue weighted by Gasteiger charge is -2.13. The molecule has 0 amide bonds. The lowest BCUT2D eigenvalue weighted by molar-refractivity contribution is 0.0935. The number of benzene rings is 3. The van der Waals surface area contributed by atoms with Gasteiger partial charge in [0, 0.05) is 17.9 Å². The van der Waals surface area contributed by atoms with Crippen LogP contribution in [0.3, 0.4) is 0 Å². The lowest BCUT2D eigenvalue weighted by Crippen LogP contribution is -2.31. The lowest BCUT2D eigenvalue weighted by atomic mass is 9.97. The molecule has 0 aliphatic carbocycles. The smallest absolute Gasteiger partial charge is 0.267 e. The Labute approximate surface area is 191 Å². The first-order valence-electron chi connectivity index (χ1n) is 9.75. The van der Waals surface area contributed by atoms with Crippen LogP contribution < -0.4 is 5.56 Å². The van der Waals surface area contributed by atoms with Crippen LogP contribution in [0.4, 0.5) is 13.2 Å². The third kappa shape index (κ3) is 4.40. The van der Waals surface area contributed by atoms with E-state index in [1.807, 2.05) is 0 Å². The second-order valence-electron chi connectivity index (χ2n) is 7.38. The van der Waals surface area contributed by atoms with Crippen LogP contribution in [-0.2, 0) is 9.84 Å². The summed E-state index contributed by atoms with van der Waals surface area (Å²) in [6.45, 7) is 0. The van der Waals surface area contributed by atoms with Crippen molar-refractivity contribution < 1.29 is 26.4 Å². The predicted molar refractivity (Wildman–Crippen MR) is 119 cm³/mol. The number of hydrogen-bond donors (Lipinski definition) is 0. The zero-order valence-corrected chi connectivity index (χ0v) is 18.3. The minimum absolute atomic E-state index is 0.0435. The Morgan fingerprint density at radius 2 is 1.44 bits per heavy atom. The summed E-state index contributed by atoms with van der Waals surface area (Å²) >= 11 is 0. The summed E-state index contributed by atoms with van der Waals surface area (Å²) < 4.78 is 64.9. The average Bonchev–Trinajstić information content (AvgIpc) is 2.79. The van der Waals surface area contributed by atoms with Gasteiger partial charge in [-0.15, -0.1) is 0 Å². The number of carbonyl (C=O) groups excluding carboxylic acids is 1. The Bertz CT molecular complexity index is 1580. The molecule has 0 radical (unpaired) electrons. The minimum atomic E-state index is -3.46. The van der Waals surface area contributed by atoms with Crippen molar-refractivity contribution in [1.29, 1.82) is 0 Å². The summed E-state index contributed by atoms with van der Waals surface area (Å²) in [4.78, 5) is 26.3. The van der Waals surface area contributed by atoms with Gasteiger partial charge in [-0.2, -0.15) is 9.78 Å². The highest BCUT2D eigenvalue weighted by atomic mass is 32.2. The van der Waals surface area contributed by atoms with Gasteiger partial charge >= 0.3 is 0 Å². The number of carbonyl (C=O) groups is 1. The summed E-state index contributed by atoms with van der Waals surface area (Å²) in [6.07, 6.45) is 2.24. The van der Waals surface area contributed by atoms with Crippen LogP contribution in [-0.4, -0.2) is 30.4 Å². The maximum atomic E-state index is 14.2.